The molecule has 1 aliphatic heterocycles. The molecule has 0 aliphatic carbocycles. The van der Waals surface area contributed by atoms with Crippen LogP contribution >= 0.6 is 0 Å². The minimum atomic E-state index is -2.40. The van der Waals surface area contributed by atoms with Gasteiger partial charge < -0.3 is 94.4 Å². The van der Waals surface area contributed by atoms with E-state index >= 15 is 4.39 Å². The van der Waals surface area contributed by atoms with Crippen LogP contribution in [-0.4, -0.2) is 226 Å². The van der Waals surface area contributed by atoms with E-state index in [1.54, 1.807) is 30.5 Å². The summed E-state index contributed by atoms with van der Waals surface area (Å²) >= 11 is 0. The van der Waals surface area contributed by atoms with Crippen molar-refractivity contribution in [2.75, 3.05) is 39.4 Å². The molecule has 0 bridgehead atoms. The predicted molar refractivity (Wildman–Crippen MR) is 402 cm³/mol. The number of imidazole rings is 1. The van der Waals surface area contributed by atoms with E-state index in [-0.39, 0.29) is 50.2 Å². The Morgan fingerprint density at radius 3 is 2.01 bits per heavy atom. The fraction of sp³-hybridized carbons (Fsp3) is 0.474. The van der Waals surface area contributed by atoms with Gasteiger partial charge in [-0.05, 0) is 145 Å². The van der Waals surface area contributed by atoms with Gasteiger partial charge in [0.25, 0.3) is 0 Å². The number of aromatic nitrogens is 6. The van der Waals surface area contributed by atoms with Crippen LogP contribution in [0.1, 0.15) is 118 Å². The van der Waals surface area contributed by atoms with Crippen molar-refractivity contribution in [1.82, 2.24) is 83.3 Å². The number of carbonyl (C=O) groups is 12. The number of hydrogen-bond acceptors (Lipinski definition) is 21. The lowest BCUT2D eigenvalue weighted by molar-refractivity contribution is -0.146. The van der Waals surface area contributed by atoms with E-state index in [9.17, 15) is 78.0 Å². The SMILES string of the molecule is CCc1cc(OCCCCN)ccc1-c1ccc(C[C@H](NC(=O)[C@H](CC(=O)O)NC(=O)[C@H](CO)NC(=O)[C@@H](NC(=O)[C@](C)(Cc2ccccc2F)NC(=O)[C@@H](NC(=O)CNC(=O)[C@H](Cc2nn[nH]n2)NC(=O)[C@]2(C)CCN(CCc3cnc[nH]3)C2=O)[C@@H](C)O)[C@@H](C)O)C(=O)N[C@@H](CCCc2cc(C)cc(C)c2)C(N)=O)cc1. The minimum absolute atomic E-state index is 0.0445. The summed E-state index contributed by atoms with van der Waals surface area (Å²) in [5.74, 6) is -13.8. The second kappa shape index (κ2) is 41.4. The molecule has 0 saturated carbocycles. The van der Waals surface area contributed by atoms with Gasteiger partial charge in [0.05, 0.1) is 44.7 Å². The number of nitrogens with one attached hydrogen (secondary N) is 11. The Morgan fingerprint density at radius 2 is 1.38 bits per heavy atom. The highest BCUT2D eigenvalue weighted by molar-refractivity contribution is 6.07. The highest BCUT2D eigenvalue weighted by Gasteiger charge is 2.50. The predicted octanol–water partition coefficient (Wildman–Crippen LogP) is -1.34. The molecule has 1 fully saturated rings. The molecule has 112 heavy (non-hydrogen) atoms. The maximum absolute atomic E-state index is 15.5. The van der Waals surface area contributed by atoms with Gasteiger partial charge in [-0.2, -0.15) is 5.21 Å². The summed E-state index contributed by atoms with van der Waals surface area (Å²) in [7, 11) is 0. The van der Waals surface area contributed by atoms with Crippen LogP contribution in [0.3, 0.4) is 0 Å². The number of nitrogens with zero attached hydrogens (tertiary/aromatic N) is 5. The number of carboxylic acid groups (broad SMARTS) is 1. The number of amides is 11. The van der Waals surface area contributed by atoms with Gasteiger partial charge in [0.1, 0.15) is 64.8 Å². The van der Waals surface area contributed by atoms with Crippen LogP contribution in [0.5, 0.6) is 5.75 Å². The van der Waals surface area contributed by atoms with Gasteiger partial charge in [-0.15, -0.1) is 10.2 Å². The smallest absolute Gasteiger partial charge is 0.305 e. The molecule has 19 N–H and O–H groups in total. The number of primary amides is 1. The Labute approximate surface area is 645 Å². The van der Waals surface area contributed by atoms with Crippen molar-refractivity contribution in [2.45, 2.75) is 186 Å². The van der Waals surface area contributed by atoms with E-state index in [1.165, 1.54) is 36.4 Å². The van der Waals surface area contributed by atoms with Crippen molar-refractivity contribution < 1.29 is 87.1 Å². The lowest BCUT2D eigenvalue weighted by atomic mass is 9.87. The van der Waals surface area contributed by atoms with E-state index in [0.29, 0.717) is 50.1 Å². The summed E-state index contributed by atoms with van der Waals surface area (Å²) in [5.41, 5.74) is 14.2. The van der Waals surface area contributed by atoms with Gasteiger partial charge in [0, 0.05) is 50.7 Å². The number of rotatable bonds is 44. The van der Waals surface area contributed by atoms with Gasteiger partial charge in [0.2, 0.25) is 65.0 Å². The van der Waals surface area contributed by atoms with Crippen LogP contribution in [0.4, 0.5) is 4.39 Å². The molecular weight excluding hydrogens is 1460 g/mol. The van der Waals surface area contributed by atoms with Crippen molar-refractivity contribution in [3.05, 3.63) is 148 Å². The molecular formula is C76H101FN18O17. The third-order valence-electron chi connectivity index (χ3n) is 19.1. The zero-order valence-corrected chi connectivity index (χ0v) is 63.5. The van der Waals surface area contributed by atoms with Gasteiger partial charge in [-0.1, -0.05) is 90.0 Å². The second-order valence-electron chi connectivity index (χ2n) is 28.3. The standard InChI is InChI=1S/C76H101FN18O17/c1-8-48-34-52(112-29-12-11-26-78)22-23-53(48)49-20-18-46(19-21-49)33-56(67(104)83-55(65(79)102)17-13-14-47-31-42(2)30-43(3)32-47)84-68(105)58(36-62(100)101)85-69(106)59(40-96)86-70(107)63(44(4)97)89-73(110)76(7,37-50-15-9-10-16-54(50)77)90-71(108)64(45(5)98)88-61(99)39-81-66(103)57(35-60-91-93-94-92-60)87-72(109)75(6)25-28-95(74(75)111)27-24-51-38-80-41-82-51/h9-10,15-16,18-23,30-32,34,38,41,44-45,55-59,63-64,96-98H,8,11-14,17,24-29,33,35-37,39-40,78H2,1-7H3,(H2,79,102)(H,80,82)(H,81,103)(H,83,104)(H,84,105)(H,85,106)(H,86,107)(H,87,109)(H,88,99)(H,89,110)(H,90,108)(H,100,101)(H,91,92,93,94)/t44-,45-,55+,56+,57+,58+,59+,63+,64+,75+,76+/m1/s1. The van der Waals surface area contributed by atoms with E-state index in [1.807, 2.05) is 57.2 Å². The summed E-state index contributed by atoms with van der Waals surface area (Å²) in [5, 5.41) is 77.5. The topological polar surface area (TPSA) is 542 Å². The Bertz CT molecular complexity index is 4240. The fourth-order valence-electron chi connectivity index (χ4n) is 12.8. The highest BCUT2D eigenvalue weighted by atomic mass is 19.1. The first-order valence-corrected chi connectivity index (χ1v) is 36.8. The van der Waals surface area contributed by atoms with Crippen LogP contribution in [0, 0.1) is 25.1 Å². The number of halogens is 1. The lowest BCUT2D eigenvalue weighted by Crippen LogP contribution is -2.67. The van der Waals surface area contributed by atoms with Crippen LogP contribution in [0.15, 0.2) is 97.5 Å². The number of nitrogens with two attached hydrogens (primary N) is 2. The van der Waals surface area contributed by atoms with Crippen LogP contribution in [0.2, 0.25) is 0 Å². The van der Waals surface area contributed by atoms with Crippen LogP contribution in [0.25, 0.3) is 11.1 Å². The molecule has 0 radical (unpaired) electrons. The van der Waals surface area contributed by atoms with Crippen molar-refractivity contribution in [3.8, 4) is 16.9 Å². The number of likely N-dealkylation sites (tertiary alicyclic amines) is 1. The molecule has 7 rings (SSSR count). The number of benzene rings is 4. The number of carbonyl (C=O) groups excluding carboxylic acids is 11. The first-order chi connectivity index (χ1) is 53.2. The number of aryl methyl sites for hydroxylation is 4. The summed E-state index contributed by atoms with van der Waals surface area (Å²) in [4.78, 5) is 175. The molecule has 11 amide bonds. The Kier molecular flexibility index (Phi) is 32.4. The first kappa shape index (κ1) is 87.6. The van der Waals surface area contributed by atoms with Gasteiger partial charge in [-0.25, -0.2) is 9.37 Å². The molecule has 1 aliphatic rings. The number of hydrogen-bond donors (Lipinski definition) is 17. The Balaban J connectivity index is 1.04. The molecule has 6 aromatic rings. The first-order valence-electron chi connectivity index (χ1n) is 36.8. The zero-order chi connectivity index (χ0) is 82.0. The molecule has 35 nitrogen and oxygen atoms in total. The summed E-state index contributed by atoms with van der Waals surface area (Å²) in [6, 6.07) is 11.1. The normalized spacial score (nSPS) is 16.2. The van der Waals surface area contributed by atoms with E-state index in [4.69, 9.17) is 16.2 Å². The molecule has 1 saturated heterocycles. The number of ether oxygens (including phenoxy) is 1. The number of aliphatic hydroxyl groups excluding tert-OH is 3. The molecule has 604 valence electrons. The molecule has 2 aromatic heterocycles. The lowest BCUT2D eigenvalue weighted by Gasteiger charge is -2.34. The minimum Gasteiger partial charge on any atom is -0.494 e. The van der Waals surface area contributed by atoms with Crippen LogP contribution in [-0.2, 0) is 96.1 Å². The summed E-state index contributed by atoms with van der Waals surface area (Å²) in [6.07, 6.45) is 0.643. The summed E-state index contributed by atoms with van der Waals surface area (Å²) in [6.45, 7) is 9.82. The number of aliphatic hydroxyl groups is 3. The van der Waals surface area contributed by atoms with Crippen LogP contribution < -0.4 is 64.1 Å². The quantitative estimate of drug-likeness (QED) is 0.0155. The van der Waals surface area contributed by atoms with E-state index in [2.05, 4.69) is 78.4 Å². The van der Waals surface area contributed by atoms with Gasteiger partial charge >= 0.3 is 5.97 Å². The molecule has 0 spiro atoms. The number of carboxylic acids is 1. The molecule has 0 unspecified atom stereocenters. The number of H-pyrrole nitrogens is 2. The maximum Gasteiger partial charge on any atom is 0.305 e. The number of tetrazole rings is 1. The zero-order valence-electron chi connectivity index (χ0n) is 63.5. The van der Waals surface area contributed by atoms with E-state index < -0.39 is 168 Å². The largest absolute Gasteiger partial charge is 0.494 e. The fourth-order valence-corrected chi connectivity index (χ4v) is 12.8. The van der Waals surface area contributed by atoms with Crippen molar-refractivity contribution in [3.63, 3.8) is 0 Å². The molecule has 11 atom stereocenters. The van der Waals surface area contributed by atoms with Crippen molar-refractivity contribution in [2.24, 2.45) is 16.9 Å². The van der Waals surface area contributed by atoms with Crippen molar-refractivity contribution in [1.29, 1.82) is 0 Å². The van der Waals surface area contributed by atoms with Gasteiger partial charge in [0.15, 0.2) is 5.82 Å². The second-order valence-corrected chi connectivity index (χ2v) is 28.3. The molecule has 4 aromatic carbocycles. The average Bonchev–Trinajstić information content (AvgIpc) is 1.56. The molecule has 3 heterocycles. The molecule has 36 heteroatoms. The number of unbranched alkanes of at least 4 members (excludes halogenated alkanes) is 1. The van der Waals surface area contributed by atoms with E-state index in [0.717, 1.165) is 78.8 Å². The van der Waals surface area contributed by atoms with Gasteiger partial charge in [-0.3, -0.25) is 57.5 Å². The highest BCUT2D eigenvalue weighted by Crippen LogP contribution is 2.33. The summed E-state index contributed by atoms with van der Waals surface area (Å²) < 4.78 is 21.5. The maximum atomic E-state index is 15.5. The Morgan fingerprint density at radius 1 is 0.732 bits per heavy atom. The monoisotopic (exact) mass is 1560 g/mol. The number of aliphatic carboxylic acids is 1. The average molecular weight is 1560 g/mol. The Hall–Kier alpha value is -11.6. The number of aromatic amines is 2. The third-order valence-corrected chi connectivity index (χ3v) is 19.1. The third kappa shape index (κ3) is 25.2. The van der Waals surface area contributed by atoms with Crippen molar-refractivity contribution >= 4 is 70.9 Å².